The van der Waals surface area contributed by atoms with E-state index in [1.54, 1.807) is 11.3 Å². The summed E-state index contributed by atoms with van der Waals surface area (Å²) in [7, 11) is 2.03. The van der Waals surface area contributed by atoms with Crippen LogP contribution in [0.4, 0.5) is 5.69 Å². The van der Waals surface area contributed by atoms with Crippen LogP contribution in [0.25, 0.3) is 0 Å². The number of aliphatic hydroxyl groups excluding tert-OH is 1. The predicted octanol–water partition coefficient (Wildman–Crippen LogP) is 2.99. The zero-order chi connectivity index (χ0) is 15.1. The highest BCUT2D eigenvalue weighted by atomic mass is 32.1. The van der Waals surface area contributed by atoms with E-state index in [0.717, 1.165) is 17.8 Å². The van der Waals surface area contributed by atoms with Gasteiger partial charge in [0, 0.05) is 35.0 Å². The minimum atomic E-state index is 0.103. The molecule has 1 heterocycles. The highest BCUT2D eigenvalue weighted by Crippen LogP contribution is 2.20. The molecular formula is C17H16N2OS. The summed E-state index contributed by atoms with van der Waals surface area (Å²) in [6.45, 7) is 0.906. The predicted molar refractivity (Wildman–Crippen MR) is 86.2 cm³/mol. The number of hydrogen-bond acceptors (Lipinski definition) is 4. The van der Waals surface area contributed by atoms with E-state index in [2.05, 4.69) is 28.9 Å². The van der Waals surface area contributed by atoms with Crippen molar-refractivity contribution in [3.05, 3.63) is 51.7 Å². The topological polar surface area (TPSA) is 47.3 Å². The molecule has 0 atom stereocenters. The van der Waals surface area contributed by atoms with E-state index < -0.39 is 0 Å². The fourth-order valence-corrected chi connectivity index (χ4v) is 2.73. The van der Waals surface area contributed by atoms with Crippen molar-refractivity contribution in [1.82, 2.24) is 0 Å². The second kappa shape index (κ2) is 7.50. The number of nitriles is 1. The van der Waals surface area contributed by atoms with Gasteiger partial charge in [0.25, 0.3) is 0 Å². The molecule has 4 heteroatoms. The molecule has 0 amide bonds. The lowest BCUT2D eigenvalue weighted by Gasteiger charge is -2.18. The maximum absolute atomic E-state index is 8.80. The number of aliphatic hydroxyl groups is 1. The van der Waals surface area contributed by atoms with Crippen molar-refractivity contribution in [3.63, 3.8) is 0 Å². The molecule has 21 heavy (non-hydrogen) atoms. The van der Waals surface area contributed by atoms with Gasteiger partial charge in [-0.05, 0) is 30.3 Å². The van der Waals surface area contributed by atoms with Gasteiger partial charge < -0.3 is 10.0 Å². The molecule has 0 fully saturated rings. The van der Waals surface area contributed by atoms with Crippen LogP contribution in [0, 0.1) is 23.2 Å². The zero-order valence-corrected chi connectivity index (χ0v) is 12.7. The number of hydrogen-bond donors (Lipinski definition) is 1. The molecule has 106 valence electrons. The molecule has 1 N–H and O–H groups in total. The van der Waals surface area contributed by atoms with Crippen molar-refractivity contribution in [1.29, 1.82) is 5.26 Å². The molecule has 0 radical (unpaired) electrons. The van der Waals surface area contributed by atoms with Crippen molar-refractivity contribution >= 4 is 17.0 Å². The monoisotopic (exact) mass is 296 g/mol. The first-order valence-corrected chi connectivity index (χ1v) is 7.49. The van der Waals surface area contributed by atoms with Gasteiger partial charge in [-0.1, -0.05) is 11.8 Å². The van der Waals surface area contributed by atoms with Crippen molar-refractivity contribution < 1.29 is 5.11 Å². The summed E-state index contributed by atoms with van der Waals surface area (Å²) in [6.07, 6.45) is 0.510. The Hall–Kier alpha value is -2.27. The molecule has 3 nitrogen and oxygen atoms in total. The summed E-state index contributed by atoms with van der Waals surface area (Å²) in [5.41, 5.74) is 2.75. The van der Waals surface area contributed by atoms with E-state index in [1.165, 1.54) is 4.88 Å². The number of thiophene rings is 1. The van der Waals surface area contributed by atoms with Crippen LogP contribution in [-0.2, 0) is 6.54 Å². The first-order valence-electron chi connectivity index (χ1n) is 6.61. The Balaban J connectivity index is 2.01. The molecule has 2 rings (SSSR count). The lowest BCUT2D eigenvalue weighted by Crippen LogP contribution is -2.15. The van der Waals surface area contributed by atoms with Gasteiger partial charge in [-0.2, -0.15) is 5.26 Å². The number of anilines is 1. The van der Waals surface area contributed by atoms with Crippen LogP contribution in [-0.4, -0.2) is 18.8 Å². The van der Waals surface area contributed by atoms with Gasteiger partial charge in [-0.25, -0.2) is 0 Å². The SMILES string of the molecule is CN(Cc1cc(C#CCCO)cs1)c1ccc(C#N)cc1. The standard InChI is InChI=1S/C17H16N2OS/c1-19(16-7-5-14(11-18)6-8-16)12-17-10-15(13-21-17)4-2-3-9-20/h5-8,10,13,20H,3,9,12H2,1H3. The maximum atomic E-state index is 8.80. The number of benzene rings is 1. The fraction of sp³-hybridized carbons (Fsp3) is 0.235. The van der Waals surface area contributed by atoms with Gasteiger partial charge in [-0.3, -0.25) is 0 Å². The normalized spacial score (nSPS) is 9.57. The minimum absolute atomic E-state index is 0.103. The summed E-state index contributed by atoms with van der Waals surface area (Å²) in [5, 5.41) is 19.5. The van der Waals surface area contributed by atoms with E-state index in [4.69, 9.17) is 10.4 Å². The van der Waals surface area contributed by atoms with Crippen LogP contribution >= 0.6 is 11.3 Å². The van der Waals surface area contributed by atoms with Gasteiger partial charge in [0.2, 0.25) is 0 Å². The number of rotatable bonds is 4. The molecule has 1 aromatic heterocycles. The van der Waals surface area contributed by atoms with Crippen LogP contribution in [0.5, 0.6) is 0 Å². The van der Waals surface area contributed by atoms with Gasteiger partial charge in [0.1, 0.15) is 0 Å². The largest absolute Gasteiger partial charge is 0.395 e. The van der Waals surface area contributed by atoms with Crippen LogP contribution in [0.15, 0.2) is 35.7 Å². The summed E-state index contributed by atoms with van der Waals surface area (Å²) >= 11 is 1.68. The Morgan fingerprint density at radius 3 is 2.67 bits per heavy atom. The summed E-state index contributed by atoms with van der Waals surface area (Å²) in [5.74, 6) is 5.96. The molecule has 0 aliphatic heterocycles. The zero-order valence-electron chi connectivity index (χ0n) is 11.8. The van der Waals surface area contributed by atoms with Gasteiger partial charge in [0.05, 0.1) is 24.8 Å². The average Bonchev–Trinajstić information content (AvgIpc) is 2.95. The van der Waals surface area contributed by atoms with E-state index >= 15 is 0 Å². The van der Waals surface area contributed by atoms with Crippen LogP contribution in [0.1, 0.15) is 22.4 Å². The lowest BCUT2D eigenvalue weighted by atomic mass is 10.2. The molecule has 0 aliphatic rings. The van der Waals surface area contributed by atoms with Crippen molar-refractivity contribution in [2.75, 3.05) is 18.6 Å². The highest BCUT2D eigenvalue weighted by Gasteiger charge is 2.04. The third-order valence-electron chi connectivity index (χ3n) is 2.95. The molecule has 0 aliphatic carbocycles. The Morgan fingerprint density at radius 2 is 2.00 bits per heavy atom. The van der Waals surface area contributed by atoms with Crippen LogP contribution < -0.4 is 4.90 Å². The first-order chi connectivity index (χ1) is 10.2. The summed E-state index contributed by atoms with van der Waals surface area (Å²) < 4.78 is 0. The fourth-order valence-electron chi connectivity index (χ4n) is 1.87. The number of nitrogens with zero attached hydrogens (tertiary/aromatic N) is 2. The Morgan fingerprint density at radius 1 is 1.24 bits per heavy atom. The third-order valence-corrected chi connectivity index (χ3v) is 3.87. The minimum Gasteiger partial charge on any atom is -0.395 e. The Kier molecular flexibility index (Phi) is 5.40. The second-order valence-electron chi connectivity index (χ2n) is 4.59. The summed E-state index contributed by atoms with van der Waals surface area (Å²) in [6, 6.07) is 11.8. The third kappa shape index (κ3) is 4.36. The summed E-state index contributed by atoms with van der Waals surface area (Å²) in [4.78, 5) is 3.37. The molecule has 2 aromatic rings. The molecule has 0 bridgehead atoms. The van der Waals surface area contributed by atoms with Crippen molar-refractivity contribution in [2.24, 2.45) is 0 Å². The average molecular weight is 296 g/mol. The van der Waals surface area contributed by atoms with Crippen molar-refractivity contribution in [2.45, 2.75) is 13.0 Å². The van der Waals surface area contributed by atoms with Gasteiger partial charge in [-0.15, -0.1) is 11.3 Å². The quantitative estimate of drug-likeness (QED) is 0.882. The molecule has 0 unspecified atom stereocenters. The maximum Gasteiger partial charge on any atom is 0.0991 e. The van der Waals surface area contributed by atoms with Gasteiger partial charge in [0.15, 0.2) is 0 Å². The smallest absolute Gasteiger partial charge is 0.0991 e. The molecular weight excluding hydrogens is 280 g/mol. The molecule has 0 spiro atoms. The first kappa shape index (κ1) is 15.1. The van der Waals surface area contributed by atoms with E-state index in [1.807, 2.05) is 36.7 Å². The Labute approximate surface area is 129 Å². The van der Waals surface area contributed by atoms with Gasteiger partial charge >= 0.3 is 0 Å². The van der Waals surface area contributed by atoms with Crippen LogP contribution in [0.2, 0.25) is 0 Å². The molecule has 1 aromatic carbocycles. The molecule has 0 saturated carbocycles. The van der Waals surface area contributed by atoms with E-state index in [0.29, 0.717) is 12.0 Å². The van der Waals surface area contributed by atoms with E-state index in [-0.39, 0.29) is 6.61 Å². The lowest BCUT2D eigenvalue weighted by molar-refractivity contribution is 0.305. The Bertz CT molecular complexity index is 686. The second-order valence-corrected chi connectivity index (χ2v) is 5.59. The van der Waals surface area contributed by atoms with E-state index in [9.17, 15) is 0 Å². The highest BCUT2D eigenvalue weighted by molar-refractivity contribution is 7.10. The van der Waals surface area contributed by atoms with Crippen molar-refractivity contribution in [3.8, 4) is 17.9 Å². The van der Waals surface area contributed by atoms with Crippen LogP contribution in [0.3, 0.4) is 0 Å². The molecule has 0 saturated heterocycles.